The van der Waals surface area contributed by atoms with Crippen molar-refractivity contribution in [3.05, 3.63) is 0 Å². The smallest absolute Gasteiger partial charge is 0.0608 e. The summed E-state index contributed by atoms with van der Waals surface area (Å²) in [6.07, 6.45) is 4.49. The Morgan fingerprint density at radius 3 is 2.33 bits per heavy atom. The maximum absolute atomic E-state index is 6.31. The highest BCUT2D eigenvalue weighted by atomic mass is 79.9. The van der Waals surface area contributed by atoms with Crippen LogP contribution in [0.25, 0.3) is 0 Å². The van der Waals surface area contributed by atoms with Crippen LogP contribution in [0.1, 0.15) is 53.9 Å². The highest BCUT2D eigenvalue weighted by molar-refractivity contribution is 9.09. The molecule has 4 unspecified atom stereocenters. The van der Waals surface area contributed by atoms with Crippen molar-refractivity contribution in [2.24, 2.45) is 29.6 Å². The van der Waals surface area contributed by atoms with E-state index in [1.54, 1.807) is 0 Å². The van der Waals surface area contributed by atoms with Crippen LogP contribution in [0.15, 0.2) is 0 Å². The van der Waals surface area contributed by atoms with Gasteiger partial charge >= 0.3 is 0 Å². The number of hydrogen-bond acceptors (Lipinski definition) is 1. The predicted octanol–water partition coefficient (Wildman–Crippen LogP) is 5.13. The molecule has 0 aromatic heterocycles. The molecule has 2 heteroatoms. The molecule has 0 saturated heterocycles. The third-order valence-electron chi connectivity index (χ3n) is 4.63. The highest BCUT2D eigenvalue weighted by Crippen LogP contribution is 2.35. The summed E-state index contributed by atoms with van der Waals surface area (Å²) in [6, 6.07) is 0. The van der Waals surface area contributed by atoms with E-state index in [-0.39, 0.29) is 0 Å². The van der Waals surface area contributed by atoms with Crippen LogP contribution in [-0.2, 0) is 4.74 Å². The first-order valence-corrected chi connectivity index (χ1v) is 8.75. The average molecular weight is 319 g/mol. The van der Waals surface area contributed by atoms with E-state index in [1.807, 2.05) is 0 Å². The summed E-state index contributed by atoms with van der Waals surface area (Å²) in [5.41, 5.74) is 0. The third-order valence-corrected chi connectivity index (χ3v) is 5.46. The van der Waals surface area contributed by atoms with Crippen LogP contribution < -0.4 is 0 Å². The fourth-order valence-electron chi connectivity index (χ4n) is 2.97. The van der Waals surface area contributed by atoms with E-state index in [0.29, 0.717) is 17.9 Å². The molecule has 1 aliphatic rings. The van der Waals surface area contributed by atoms with Gasteiger partial charge in [0, 0.05) is 5.33 Å². The van der Waals surface area contributed by atoms with Gasteiger partial charge < -0.3 is 4.74 Å². The molecule has 1 rings (SSSR count). The van der Waals surface area contributed by atoms with Gasteiger partial charge in [0.2, 0.25) is 0 Å². The van der Waals surface area contributed by atoms with Gasteiger partial charge in [0.05, 0.1) is 12.7 Å². The van der Waals surface area contributed by atoms with Crippen molar-refractivity contribution in [2.75, 3.05) is 11.9 Å². The molecule has 1 saturated carbocycles. The third kappa shape index (κ3) is 4.85. The van der Waals surface area contributed by atoms with E-state index in [0.717, 1.165) is 29.7 Å². The summed E-state index contributed by atoms with van der Waals surface area (Å²) >= 11 is 3.62. The molecule has 0 aromatic carbocycles. The Morgan fingerprint density at radius 2 is 1.83 bits per heavy atom. The summed E-state index contributed by atoms with van der Waals surface area (Å²) < 4.78 is 6.31. The van der Waals surface area contributed by atoms with Crippen molar-refractivity contribution >= 4 is 15.9 Å². The molecule has 0 N–H and O–H groups in total. The standard InChI is InChI=1S/C16H31BrO/c1-11(2)14(9-17)10-18-16-8-13(5)6-7-15(16)12(3)4/h11-16H,6-10H2,1-5H3. The van der Waals surface area contributed by atoms with Crippen LogP contribution in [-0.4, -0.2) is 18.0 Å². The molecule has 0 aromatic rings. The second-order valence-electron chi connectivity index (χ2n) is 6.86. The lowest BCUT2D eigenvalue weighted by Crippen LogP contribution is -2.36. The zero-order valence-corrected chi connectivity index (χ0v) is 14.4. The zero-order valence-electron chi connectivity index (χ0n) is 12.8. The van der Waals surface area contributed by atoms with E-state index in [9.17, 15) is 0 Å². The van der Waals surface area contributed by atoms with Gasteiger partial charge in [0.15, 0.2) is 0 Å². The summed E-state index contributed by atoms with van der Waals surface area (Å²) in [7, 11) is 0. The van der Waals surface area contributed by atoms with Crippen LogP contribution in [0.2, 0.25) is 0 Å². The molecule has 18 heavy (non-hydrogen) atoms. The molecule has 1 aliphatic carbocycles. The van der Waals surface area contributed by atoms with E-state index in [4.69, 9.17) is 4.74 Å². The summed E-state index contributed by atoms with van der Waals surface area (Å²) in [4.78, 5) is 0. The Morgan fingerprint density at radius 1 is 1.17 bits per heavy atom. The Bertz CT molecular complexity index is 227. The predicted molar refractivity (Wildman–Crippen MR) is 83.2 cm³/mol. The zero-order chi connectivity index (χ0) is 13.7. The molecule has 0 spiro atoms. The SMILES string of the molecule is CC1CCC(C(C)C)C(OCC(CBr)C(C)C)C1. The maximum atomic E-state index is 6.31. The molecule has 0 amide bonds. The first kappa shape index (κ1) is 16.5. The molecule has 0 heterocycles. The average Bonchev–Trinajstić information content (AvgIpc) is 2.29. The van der Waals surface area contributed by atoms with E-state index in [1.165, 1.54) is 19.3 Å². The van der Waals surface area contributed by atoms with E-state index < -0.39 is 0 Å². The Kier molecular flexibility index (Phi) is 7.23. The van der Waals surface area contributed by atoms with E-state index in [2.05, 4.69) is 50.5 Å². The number of hydrogen-bond donors (Lipinski definition) is 0. The fourth-order valence-corrected chi connectivity index (χ4v) is 3.90. The van der Waals surface area contributed by atoms with Crippen molar-refractivity contribution in [3.63, 3.8) is 0 Å². The van der Waals surface area contributed by atoms with E-state index >= 15 is 0 Å². The number of alkyl halides is 1. The van der Waals surface area contributed by atoms with Crippen LogP contribution in [0.4, 0.5) is 0 Å². The van der Waals surface area contributed by atoms with Gasteiger partial charge in [-0.1, -0.05) is 57.0 Å². The van der Waals surface area contributed by atoms with Crippen LogP contribution in [0, 0.1) is 29.6 Å². The molecule has 108 valence electrons. The number of ether oxygens (including phenoxy) is 1. The maximum Gasteiger partial charge on any atom is 0.0608 e. The lowest BCUT2D eigenvalue weighted by Gasteiger charge is -2.38. The monoisotopic (exact) mass is 318 g/mol. The Labute approximate surface area is 122 Å². The topological polar surface area (TPSA) is 9.23 Å². The molecule has 1 fully saturated rings. The summed E-state index contributed by atoms with van der Waals surface area (Å²) in [5, 5.41) is 1.05. The number of halogens is 1. The molecule has 0 bridgehead atoms. The van der Waals surface area contributed by atoms with Crippen LogP contribution >= 0.6 is 15.9 Å². The summed E-state index contributed by atoms with van der Waals surface area (Å²) in [6.45, 7) is 12.6. The molecule has 0 aliphatic heterocycles. The first-order chi connectivity index (χ1) is 8.45. The minimum Gasteiger partial charge on any atom is -0.378 e. The van der Waals surface area contributed by atoms with Gasteiger partial charge in [-0.05, 0) is 42.4 Å². The lowest BCUT2D eigenvalue weighted by molar-refractivity contribution is -0.0532. The van der Waals surface area contributed by atoms with Crippen molar-refractivity contribution in [2.45, 2.75) is 60.0 Å². The quantitative estimate of drug-likeness (QED) is 0.617. The van der Waals surface area contributed by atoms with Crippen molar-refractivity contribution in [1.82, 2.24) is 0 Å². The fraction of sp³-hybridized carbons (Fsp3) is 1.00. The van der Waals surface area contributed by atoms with Crippen molar-refractivity contribution in [3.8, 4) is 0 Å². The highest BCUT2D eigenvalue weighted by Gasteiger charge is 2.31. The van der Waals surface area contributed by atoms with Gasteiger partial charge in [-0.3, -0.25) is 0 Å². The second kappa shape index (κ2) is 7.89. The minimum absolute atomic E-state index is 0.494. The molecule has 0 radical (unpaired) electrons. The second-order valence-corrected chi connectivity index (χ2v) is 7.50. The largest absolute Gasteiger partial charge is 0.378 e. The van der Waals surface area contributed by atoms with Gasteiger partial charge in [0.25, 0.3) is 0 Å². The van der Waals surface area contributed by atoms with Crippen LogP contribution in [0.3, 0.4) is 0 Å². The number of rotatable bonds is 6. The van der Waals surface area contributed by atoms with Crippen molar-refractivity contribution < 1.29 is 4.74 Å². The minimum atomic E-state index is 0.494. The Hall–Kier alpha value is 0.440. The Balaban J connectivity index is 2.50. The van der Waals surface area contributed by atoms with Gasteiger partial charge in [-0.2, -0.15) is 0 Å². The lowest BCUT2D eigenvalue weighted by atomic mass is 9.75. The molecular formula is C16H31BrO. The molecular weight excluding hydrogens is 288 g/mol. The molecule has 4 atom stereocenters. The van der Waals surface area contributed by atoms with Crippen LogP contribution in [0.5, 0.6) is 0 Å². The van der Waals surface area contributed by atoms with Gasteiger partial charge in [0.1, 0.15) is 0 Å². The normalized spacial score (nSPS) is 31.0. The summed E-state index contributed by atoms with van der Waals surface area (Å²) in [5.74, 6) is 3.71. The first-order valence-electron chi connectivity index (χ1n) is 7.63. The van der Waals surface area contributed by atoms with Gasteiger partial charge in [-0.15, -0.1) is 0 Å². The van der Waals surface area contributed by atoms with Gasteiger partial charge in [-0.25, -0.2) is 0 Å². The molecule has 1 nitrogen and oxygen atoms in total. The van der Waals surface area contributed by atoms with Crippen molar-refractivity contribution in [1.29, 1.82) is 0 Å².